The molecule has 0 atom stereocenters. The summed E-state index contributed by atoms with van der Waals surface area (Å²) in [6.07, 6.45) is 3.62. The molecule has 0 bridgehead atoms. The van der Waals surface area contributed by atoms with Gasteiger partial charge in [-0.1, -0.05) is 29.8 Å². The molecule has 0 aliphatic carbocycles. The maximum Gasteiger partial charge on any atom is 0.162 e. The fourth-order valence-corrected chi connectivity index (χ4v) is 4.15. The van der Waals surface area contributed by atoms with Crippen LogP contribution in [0.25, 0.3) is 56.1 Å². The van der Waals surface area contributed by atoms with Crippen molar-refractivity contribution < 1.29 is 5.11 Å². The predicted octanol–water partition coefficient (Wildman–Crippen LogP) is 3.76. The monoisotopic (exact) mass is 436 g/mol. The average Bonchev–Trinajstić information content (AvgIpc) is 3.53. The van der Waals surface area contributed by atoms with Crippen molar-refractivity contribution in [2.45, 2.75) is 13.5 Å². The van der Waals surface area contributed by atoms with Crippen molar-refractivity contribution in [2.24, 2.45) is 7.05 Å². The topological polar surface area (TPSA) is 121 Å². The van der Waals surface area contributed by atoms with Crippen LogP contribution in [0.2, 0.25) is 0 Å². The van der Waals surface area contributed by atoms with Crippen molar-refractivity contribution in [3.8, 4) is 33.9 Å². The quantitative estimate of drug-likeness (QED) is 0.387. The maximum absolute atomic E-state index is 9.67. The van der Waals surface area contributed by atoms with Gasteiger partial charge < -0.3 is 10.1 Å². The first kappa shape index (κ1) is 19.3. The number of hydrogen-bond acceptors (Lipinski definition) is 6. The largest absolute Gasteiger partial charge is 0.390 e. The summed E-state index contributed by atoms with van der Waals surface area (Å²) < 4.78 is 1.67. The highest BCUT2D eigenvalue weighted by molar-refractivity contribution is 5.95. The molecule has 6 aromatic rings. The van der Waals surface area contributed by atoms with Crippen molar-refractivity contribution in [1.29, 1.82) is 0 Å². The number of aromatic amines is 2. The zero-order valence-corrected chi connectivity index (χ0v) is 18.0. The maximum atomic E-state index is 9.67. The second-order valence-corrected chi connectivity index (χ2v) is 8.00. The number of benzene rings is 1. The number of aryl methyl sites for hydroxylation is 2. The molecule has 5 heterocycles. The van der Waals surface area contributed by atoms with Gasteiger partial charge in [0.2, 0.25) is 0 Å². The number of aliphatic hydroxyl groups excluding tert-OH is 1. The number of hydrogen-bond donors (Lipinski definition) is 3. The predicted molar refractivity (Wildman–Crippen MR) is 125 cm³/mol. The third-order valence-electron chi connectivity index (χ3n) is 5.68. The van der Waals surface area contributed by atoms with E-state index in [-0.39, 0.29) is 6.61 Å². The minimum absolute atomic E-state index is 0.162. The fraction of sp³-hybridized carbons (Fsp3) is 0.125. The molecular weight excluding hydrogens is 416 g/mol. The molecule has 0 saturated carbocycles. The fourth-order valence-electron chi connectivity index (χ4n) is 4.15. The van der Waals surface area contributed by atoms with E-state index in [4.69, 9.17) is 9.97 Å². The number of aromatic nitrogens is 8. The van der Waals surface area contributed by atoms with E-state index in [0.717, 1.165) is 27.7 Å². The summed E-state index contributed by atoms with van der Waals surface area (Å²) in [5.41, 5.74) is 8.86. The van der Waals surface area contributed by atoms with Gasteiger partial charge >= 0.3 is 0 Å². The number of fused-ring (bicyclic) bond motifs is 2. The first-order chi connectivity index (χ1) is 16.1. The highest BCUT2D eigenvalue weighted by atomic mass is 16.3. The van der Waals surface area contributed by atoms with E-state index in [0.29, 0.717) is 34.1 Å². The van der Waals surface area contributed by atoms with Gasteiger partial charge in [-0.05, 0) is 30.7 Å². The molecule has 0 saturated heterocycles. The van der Waals surface area contributed by atoms with Gasteiger partial charge in [0.05, 0.1) is 23.5 Å². The third-order valence-corrected chi connectivity index (χ3v) is 5.68. The Labute approximate surface area is 188 Å². The van der Waals surface area contributed by atoms with Crippen LogP contribution < -0.4 is 0 Å². The summed E-state index contributed by atoms with van der Waals surface area (Å²) in [4.78, 5) is 17.5. The van der Waals surface area contributed by atoms with Crippen LogP contribution in [0.1, 0.15) is 11.3 Å². The molecule has 0 amide bonds. The Morgan fingerprint density at radius 2 is 1.94 bits per heavy atom. The standard InChI is InChI=1S/C24H20N8O/c1-13-4-3-5-14(10-13)15-8-9-25-23-20(15)27-24(28-23)22-21-18(29-30-22)7-6-17(26-21)16-11-32(2)31-19(16)12-33/h3-11,33H,12H2,1-2H3,(H,29,30)(H,25,27,28). The first-order valence-corrected chi connectivity index (χ1v) is 10.5. The zero-order valence-electron chi connectivity index (χ0n) is 18.0. The van der Waals surface area contributed by atoms with E-state index in [9.17, 15) is 5.11 Å². The van der Waals surface area contributed by atoms with Crippen molar-refractivity contribution >= 4 is 22.2 Å². The Balaban J connectivity index is 1.51. The number of H-pyrrole nitrogens is 2. The SMILES string of the molecule is Cc1cccc(-c2ccnc3[nH]c(-c4n[nH]c5ccc(-c6cn(C)nc6CO)nc45)nc23)c1. The summed E-state index contributed by atoms with van der Waals surface area (Å²) in [6.45, 7) is 1.91. The Morgan fingerprint density at radius 3 is 2.79 bits per heavy atom. The van der Waals surface area contributed by atoms with Crippen molar-refractivity contribution in [1.82, 2.24) is 39.9 Å². The van der Waals surface area contributed by atoms with E-state index in [1.807, 2.05) is 37.5 Å². The van der Waals surface area contributed by atoms with Crippen LogP contribution >= 0.6 is 0 Å². The zero-order chi connectivity index (χ0) is 22.5. The van der Waals surface area contributed by atoms with Crippen LogP contribution in [-0.2, 0) is 13.7 Å². The lowest BCUT2D eigenvalue weighted by Gasteiger charge is -2.03. The van der Waals surface area contributed by atoms with Crippen molar-refractivity contribution in [3.05, 3.63) is 66.1 Å². The second-order valence-electron chi connectivity index (χ2n) is 8.00. The van der Waals surface area contributed by atoms with E-state index < -0.39 is 0 Å². The summed E-state index contributed by atoms with van der Waals surface area (Å²) in [6, 6.07) is 14.1. The minimum Gasteiger partial charge on any atom is -0.390 e. The molecular formula is C24H20N8O. The molecule has 0 radical (unpaired) electrons. The van der Waals surface area contributed by atoms with E-state index in [1.165, 1.54) is 5.56 Å². The van der Waals surface area contributed by atoms with Gasteiger partial charge in [-0.3, -0.25) is 9.78 Å². The summed E-state index contributed by atoms with van der Waals surface area (Å²) in [5.74, 6) is 0.585. The molecule has 0 aliphatic rings. The summed E-state index contributed by atoms with van der Waals surface area (Å²) in [7, 11) is 1.82. The minimum atomic E-state index is -0.162. The molecule has 33 heavy (non-hydrogen) atoms. The van der Waals surface area contributed by atoms with E-state index in [2.05, 4.69) is 50.4 Å². The van der Waals surface area contributed by atoms with Crippen molar-refractivity contribution in [3.63, 3.8) is 0 Å². The highest BCUT2D eigenvalue weighted by Gasteiger charge is 2.18. The molecule has 3 N–H and O–H groups in total. The van der Waals surface area contributed by atoms with Crippen molar-refractivity contribution in [2.75, 3.05) is 0 Å². The third kappa shape index (κ3) is 3.17. The van der Waals surface area contributed by atoms with Gasteiger partial charge in [0.25, 0.3) is 0 Å². The molecule has 9 heteroatoms. The molecule has 0 aliphatic heterocycles. The Hall–Kier alpha value is -4.37. The molecule has 0 unspecified atom stereocenters. The summed E-state index contributed by atoms with van der Waals surface area (Å²) in [5, 5.41) is 21.5. The van der Waals surface area contributed by atoms with Gasteiger partial charge in [0.1, 0.15) is 11.0 Å². The van der Waals surface area contributed by atoms with Gasteiger partial charge in [-0.25, -0.2) is 15.0 Å². The molecule has 9 nitrogen and oxygen atoms in total. The van der Waals surface area contributed by atoms with Crippen LogP contribution in [0.5, 0.6) is 0 Å². The van der Waals surface area contributed by atoms with Gasteiger partial charge in [0, 0.05) is 30.6 Å². The molecule has 162 valence electrons. The average molecular weight is 436 g/mol. The number of imidazole rings is 1. The lowest BCUT2D eigenvalue weighted by atomic mass is 10.0. The number of aliphatic hydroxyl groups is 1. The number of pyridine rings is 2. The molecule has 6 rings (SSSR count). The van der Waals surface area contributed by atoms with Crippen LogP contribution in [0, 0.1) is 6.92 Å². The summed E-state index contributed by atoms with van der Waals surface area (Å²) >= 11 is 0. The molecule has 0 fully saturated rings. The smallest absolute Gasteiger partial charge is 0.162 e. The number of rotatable bonds is 4. The van der Waals surface area contributed by atoms with Gasteiger partial charge in [-0.2, -0.15) is 10.2 Å². The van der Waals surface area contributed by atoms with Crippen LogP contribution in [-0.4, -0.2) is 45.0 Å². The molecule has 0 spiro atoms. The normalized spacial score (nSPS) is 11.6. The molecule has 1 aromatic carbocycles. The lowest BCUT2D eigenvalue weighted by molar-refractivity contribution is 0.276. The van der Waals surface area contributed by atoms with E-state index >= 15 is 0 Å². The van der Waals surface area contributed by atoms with E-state index in [1.54, 1.807) is 10.9 Å². The van der Waals surface area contributed by atoms with Crippen LogP contribution in [0.3, 0.4) is 0 Å². The van der Waals surface area contributed by atoms with Crippen LogP contribution in [0.15, 0.2) is 54.9 Å². The Bertz CT molecular complexity index is 1640. The Kier molecular flexibility index (Phi) is 4.30. The molecule has 5 aromatic heterocycles. The van der Waals surface area contributed by atoms with Gasteiger partial charge in [0.15, 0.2) is 17.2 Å². The first-order valence-electron chi connectivity index (χ1n) is 10.5. The number of nitrogens with zero attached hydrogens (tertiary/aromatic N) is 6. The Morgan fingerprint density at radius 1 is 1.03 bits per heavy atom. The second kappa shape index (κ2) is 7.35. The highest BCUT2D eigenvalue weighted by Crippen LogP contribution is 2.31. The van der Waals surface area contributed by atoms with Gasteiger partial charge in [-0.15, -0.1) is 0 Å². The lowest BCUT2D eigenvalue weighted by Crippen LogP contribution is -1.92. The van der Waals surface area contributed by atoms with Crippen LogP contribution in [0.4, 0.5) is 0 Å². The number of nitrogens with one attached hydrogen (secondary N) is 2.